The molecule has 2 atom stereocenters. The quantitative estimate of drug-likeness (QED) is 0.402. The number of nitrogens with zero attached hydrogens (tertiary/aromatic N) is 3. The number of hydrogen-bond donors (Lipinski definition) is 2. The van der Waals surface area contributed by atoms with E-state index in [1.165, 1.54) is 12.1 Å². The van der Waals surface area contributed by atoms with Crippen LogP contribution in [0.3, 0.4) is 0 Å². The molecule has 3 heterocycles. The third kappa shape index (κ3) is 4.40. The van der Waals surface area contributed by atoms with Crippen LogP contribution in [0.25, 0.3) is 5.69 Å². The van der Waals surface area contributed by atoms with E-state index in [4.69, 9.17) is 12.2 Å². The highest BCUT2D eigenvalue weighted by atomic mass is 32.1. The fraction of sp³-hybridized carbons (Fsp3) is 0.115. The second kappa shape index (κ2) is 9.44. The van der Waals surface area contributed by atoms with E-state index >= 15 is 0 Å². The molecule has 1 saturated heterocycles. The number of carbonyl (C=O) groups excluding carboxylic acids is 1. The van der Waals surface area contributed by atoms with Gasteiger partial charge in [-0.05, 0) is 66.8 Å². The first-order valence-electron chi connectivity index (χ1n) is 10.9. The molecule has 0 radical (unpaired) electrons. The van der Waals surface area contributed by atoms with Crippen molar-refractivity contribution in [3.63, 3.8) is 0 Å². The minimum absolute atomic E-state index is 0.0447. The molecule has 1 fully saturated rings. The van der Waals surface area contributed by atoms with Crippen molar-refractivity contribution >= 4 is 28.9 Å². The molecule has 0 aliphatic carbocycles. The predicted molar refractivity (Wildman–Crippen MR) is 133 cm³/mol. The number of rotatable bonds is 6. The number of thiocarbonyl (C=S) groups is 1. The first kappa shape index (κ1) is 21.8. The van der Waals surface area contributed by atoms with Crippen molar-refractivity contribution in [3.8, 4) is 5.69 Å². The van der Waals surface area contributed by atoms with Gasteiger partial charge in [-0.25, -0.2) is 4.39 Å². The molecule has 0 saturated carbocycles. The zero-order chi connectivity index (χ0) is 23.5. The summed E-state index contributed by atoms with van der Waals surface area (Å²) >= 11 is 5.67. The molecule has 5 rings (SSSR count). The number of halogens is 1. The third-order valence-electron chi connectivity index (χ3n) is 5.74. The van der Waals surface area contributed by atoms with Crippen LogP contribution < -0.4 is 10.6 Å². The SMILES string of the molecule is O=C(CN1C(=S)N[C@H](c2ccccn2)[C@H]1c1cccn1-c1cccc(F)c1)Nc1ccccc1. The summed E-state index contributed by atoms with van der Waals surface area (Å²) in [6.45, 7) is 0.0447. The number of nitrogens with one attached hydrogen (secondary N) is 2. The minimum Gasteiger partial charge on any atom is -0.352 e. The van der Waals surface area contributed by atoms with Crippen molar-refractivity contribution in [2.75, 3.05) is 11.9 Å². The molecule has 1 amide bonds. The van der Waals surface area contributed by atoms with Crippen molar-refractivity contribution in [2.45, 2.75) is 12.1 Å². The van der Waals surface area contributed by atoms with Gasteiger partial charge in [0.05, 0.1) is 17.8 Å². The molecule has 2 N–H and O–H groups in total. The first-order chi connectivity index (χ1) is 16.6. The van der Waals surface area contributed by atoms with Crippen LogP contribution in [-0.4, -0.2) is 32.0 Å². The number of hydrogen-bond acceptors (Lipinski definition) is 3. The zero-order valence-electron chi connectivity index (χ0n) is 18.1. The van der Waals surface area contributed by atoms with Crippen LogP contribution in [0.5, 0.6) is 0 Å². The smallest absolute Gasteiger partial charge is 0.244 e. The Balaban J connectivity index is 1.52. The second-order valence-corrected chi connectivity index (χ2v) is 8.34. The van der Waals surface area contributed by atoms with Gasteiger partial charge in [-0.15, -0.1) is 0 Å². The Morgan fingerprint density at radius 3 is 2.62 bits per heavy atom. The second-order valence-electron chi connectivity index (χ2n) is 7.95. The maximum atomic E-state index is 14.0. The monoisotopic (exact) mass is 471 g/mol. The Kier molecular flexibility index (Phi) is 6.05. The summed E-state index contributed by atoms with van der Waals surface area (Å²) in [5.74, 6) is -0.511. The number of pyridine rings is 1. The molecule has 4 aromatic rings. The Bertz CT molecular complexity index is 1310. The first-order valence-corrected chi connectivity index (χ1v) is 11.3. The van der Waals surface area contributed by atoms with Crippen LogP contribution in [0.4, 0.5) is 10.1 Å². The largest absolute Gasteiger partial charge is 0.352 e. The van der Waals surface area contributed by atoms with Crippen LogP contribution in [0.15, 0.2) is 97.3 Å². The Morgan fingerprint density at radius 2 is 1.85 bits per heavy atom. The Labute approximate surface area is 202 Å². The lowest BCUT2D eigenvalue weighted by Gasteiger charge is -2.28. The molecule has 8 heteroatoms. The number of carbonyl (C=O) groups is 1. The molecule has 170 valence electrons. The van der Waals surface area contributed by atoms with Crippen LogP contribution in [0, 0.1) is 5.82 Å². The van der Waals surface area contributed by atoms with E-state index in [0.29, 0.717) is 16.5 Å². The van der Waals surface area contributed by atoms with Gasteiger partial charge in [-0.3, -0.25) is 9.78 Å². The topological polar surface area (TPSA) is 62.2 Å². The van der Waals surface area contributed by atoms with Gasteiger partial charge >= 0.3 is 0 Å². The molecule has 0 spiro atoms. The fourth-order valence-corrected chi connectivity index (χ4v) is 4.58. The summed E-state index contributed by atoms with van der Waals surface area (Å²) in [6.07, 6.45) is 3.61. The van der Waals surface area contributed by atoms with Gasteiger partial charge in [0.25, 0.3) is 0 Å². The molecule has 2 aromatic heterocycles. The van der Waals surface area contributed by atoms with Gasteiger partial charge in [0.1, 0.15) is 12.4 Å². The van der Waals surface area contributed by atoms with Crippen LogP contribution in [-0.2, 0) is 4.79 Å². The lowest BCUT2D eigenvalue weighted by atomic mass is 10.0. The molecule has 1 aliphatic heterocycles. The van der Waals surface area contributed by atoms with Crippen LogP contribution in [0.2, 0.25) is 0 Å². The molecule has 0 unspecified atom stereocenters. The summed E-state index contributed by atoms with van der Waals surface area (Å²) in [7, 11) is 0. The van der Waals surface area contributed by atoms with Crippen LogP contribution in [0.1, 0.15) is 23.5 Å². The summed E-state index contributed by atoms with van der Waals surface area (Å²) in [5.41, 5.74) is 3.06. The number of amides is 1. The van der Waals surface area contributed by atoms with E-state index in [0.717, 1.165) is 11.4 Å². The van der Waals surface area contributed by atoms with E-state index in [9.17, 15) is 9.18 Å². The maximum Gasteiger partial charge on any atom is 0.244 e. The number of para-hydroxylation sites is 1. The highest BCUT2D eigenvalue weighted by Gasteiger charge is 2.42. The molecule has 6 nitrogen and oxygen atoms in total. The lowest BCUT2D eigenvalue weighted by Crippen LogP contribution is -2.37. The van der Waals surface area contributed by atoms with Crippen molar-refractivity contribution in [3.05, 3.63) is 115 Å². The summed E-state index contributed by atoms with van der Waals surface area (Å²) in [4.78, 5) is 19.4. The van der Waals surface area contributed by atoms with Crippen LogP contribution >= 0.6 is 12.2 Å². The van der Waals surface area contributed by atoms with Gasteiger partial charge in [-0.1, -0.05) is 30.3 Å². The molecular formula is C26H22FN5OS. The molecule has 1 aliphatic rings. The number of anilines is 1. The Hall–Kier alpha value is -4.04. The van der Waals surface area contributed by atoms with Gasteiger partial charge in [0.2, 0.25) is 5.91 Å². The maximum absolute atomic E-state index is 14.0. The summed E-state index contributed by atoms with van der Waals surface area (Å²) in [6, 6.07) is 24.6. The summed E-state index contributed by atoms with van der Waals surface area (Å²) < 4.78 is 15.9. The average Bonchev–Trinajstić information content (AvgIpc) is 3.45. The van der Waals surface area contributed by atoms with Crippen molar-refractivity contribution in [2.24, 2.45) is 0 Å². The van der Waals surface area contributed by atoms with E-state index in [1.807, 2.05) is 82.4 Å². The van der Waals surface area contributed by atoms with E-state index in [1.54, 1.807) is 12.3 Å². The van der Waals surface area contributed by atoms with Gasteiger partial charge in [-0.2, -0.15) is 0 Å². The van der Waals surface area contributed by atoms with E-state index in [-0.39, 0.29) is 30.4 Å². The minimum atomic E-state index is -0.345. The van der Waals surface area contributed by atoms with E-state index < -0.39 is 0 Å². The Morgan fingerprint density at radius 1 is 1.03 bits per heavy atom. The van der Waals surface area contributed by atoms with Crippen molar-refractivity contribution < 1.29 is 9.18 Å². The normalized spacial score (nSPS) is 17.4. The highest BCUT2D eigenvalue weighted by Crippen LogP contribution is 2.39. The predicted octanol–water partition coefficient (Wildman–Crippen LogP) is 4.62. The standard InChI is InChI=1S/C26H22FN5OS/c27-18-8-6-11-20(16-18)31-15-7-13-22(31)25-24(21-12-4-5-14-28-21)30-26(34)32(25)17-23(33)29-19-9-2-1-3-10-19/h1-16,24-25H,17H2,(H,29,33)(H,30,34)/t24-,25-/m1/s1. The number of benzene rings is 2. The molecule has 0 bridgehead atoms. The van der Waals surface area contributed by atoms with E-state index in [2.05, 4.69) is 15.6 Å². The molecular weight excluding hydrogens is 449 g/mol. The van der Waals surface area contributed by atoms with Crippen molar-refractivity contribution in [1.29, 1.82) is 0 Å². The zero-order valence-corrected chi connectivity index (χ0v) is 19.0. The fourth-order valence-electron chi connectivity index (χ4n) is 4.27. The molecule has 34 heavy (non-hydrogen) atoms. The van der Waals surface area contributed by atoms with Gasteiger partial charge in [0.15, 0.2) is 5.11 Å². The van der Waals surface area contributed by atoms with Crippen molar-refractivity contribution in [1.82, 2.24) is 19.8 Å². The van der Waals surface area contributed by atoms with Gasteiger partial charge < -0.3 is 20.1 Å². The third-order valence-corrected chi connectivity index (χ3v) is 6.09. The summed E-state index contributed by atoms with van der Waals surface area (Å²) in [5, 5.41) is 6.72. The highest BCUT2D eigenvalue weighted by molar-refractivity contribution is 7.80. The average molecular weight is 472 g/mol. The lowest BCUT2D eigenvalue weighted by molar-refractivity contribution is -0.116. The van der Waals surface area contributed by atoms with Gasteiger partial charge in [0, 0.05) is 29.5 Å². The number of aromatic nitrogens is 2. The molecule has 2 aromatic carbocycles.